The van der Waals surface area contributed by atoms with Crippen LogP contribution in [0.1, 0.15) is 63.5 Å². The highest BCUT2D eigenvalue weighted by Crippen LogP contribution is 2.21. The highest BCUT2D eigenvalue weighted by molar-refractivity contribution is 5.79. The lowest BCUT2D eigenvalue weighted by Crippen LogP contribution is -2.52. The van der Waals surface area contributed by atoms with Gasteiger partial charge in [0.05, 0.1) is 12.8 Å². The molecule has 0 atom stereocenters. The molecule has 30 heavy (non-hydrogen) atoms. The Balaban J connectivity index is 1.13. The number of rotatable bonds is 5. The standard InChI is InChI=1S/C23H36N4O3/c28-22(18-8-12-26(13-9-18)17-21-7-4-16-30-21)24-20-10-14-27(15-11-20)23(29)25-19-5-2-1-3-6-19/h4,7,16,18-20H,1-3,5-6,8-15,17H2,(H,24,28)(H,25,29). The molecule has 0 unspecified atom stereocenters. The quantitative estimate of drug-likeness (QED) is 0.773. The van der Waals surface area contributed by atoms with Crippen molar-refractivity contribution in [3.05, 3.63) is 24.2 Å². The van der Waals surface area contributed by atoms with Crippen molar-refractivity contribution in [1.29, 1.82) is 0 Å². The third kappa shape index (κ3) is 5.78. The second-order valence-corrected chi connectivity index (χ2v) is 9.18. The SMILES string of the molecule is O=C(NC1CCN(C(=O)NC2CCCCC2)CC1)C1CCN(Cc2ccco2)CC1. The highest BCUT2D eigenvalue weighted by Gasteiger charge is 2.29. The average Bonchev–Trinajstić information content (AvgIpc) is 3.28. The summed E-state index contributed by atoms with van der Waals surface area (Å²) in [6, 6.07) is 4.54. The van der Waals surface area contributed by atoms with Crippen LogP contribution in [0.3, 0.4) is 0 Å². The predicted octanol–water partition coefficient (Wildman–Crippen LogP) is 3.11. The number of carbonyl (C=O) groups is 2. The fourth-order valence-corrected chi connectivity index (χ4v) is 5.03. The highest BCUT2D eigenvalue weighted by atomic mass is 16.3. The van der Waals surface area contributed by atoms with E-state index in [4.69, 9.17) is 4.42 Å². The van der Waals surface area contributed by atoms with E-state index in [0.717, 1.165) is 77.0 Å². The van der Waals surface area contributed by atoms with Crippen LogP contribution in [0.2, 0.25) is 0 Å². The topological polar surface area (TPSA) is 77.8 Å². The number of likely N-dealkylation sites (tertiary alicyclic amines) is 2. The Bertz CT molecular complexity index is 671. The van der Waals surface area contributed by atoms with Crippen molar-refractivity contribution in [2.45, 2.75) is 76.4 Å². The minimum Gasteiger partial charge on any atom is -0.468 e. The van der Waals surface area contributed by atoms with Gasteiger partial charge in [-0.3, -0.25) is 9.69 Å². The van der Waals surface area contributed by atoms with Crippen LogP contribution in [-0.2, 0) is 11.3 Å². The molecule has 1 aliphatic carbocycles. The molecular formula is C23H36N4O3. The minimum absolute atomic E-state index is 0.0793. The Morgan fingerprint density at radius 1 is 0.900 bits per heavy atom. The number of furan rings is 1. The zero-order valence-corrected chi connectivity index (χ0v) is 18.0. The van der Waals surface area contributed by atoms with Crippen molar-refractivity contribution in [2.75, 3.05) is 26.2 Å². The van der Waals surface area contributed by atoms with E-state index < -0.39 is 0 Å². The predicted molar refractivity (Wildman–Crippen MR) is 115 cm³/mol. The zero-order valence-electron chi connectivity index (χ0n) is 18.0. The van der Waals surface area contributed by atoms with Gasteiger partial charge >= 0.3 is 6.03 Å². The molecule has 3 fully saturated rings. The molecule has 0 spiro atoms. The maximum Gasteiger partial charge on any atom is 0.317 e. The van der Waals surface area contributed by atoms with E-state index in [-0.39, 0.29) is 23.9 Å². The van der Waals surface area contributed by atoms with Crippen molar-refractivity contribution in [3.8, 4) is 0 Å². The summed E-state index contributed by atoms with van der Waals surface area (Å²) in [5, 5.41) is 6.46. The molecule has 3 amide bonds. The van der Waals surface area contributed by atoms with Gasteiger partial charge in [0.1, 0.15) is 5.76 Å². The molecule has 166 valence electrons. The molecule has 7 heteroatoms. The normalized spacial score (nSPS) is 22.7. The first kappa shape index (κ1) is 21.2. The molecule has 1 saturated carbocycles. The van der Waals surface area contributed by atoms with E-state index in [2.05, 4.69) is 15.5 Å². The molecule has 7 nitrogen and oxygen atoms in total. The summed E-state index contributed by atoms with van der Waals surface area (Å²) in [6.07, 6.45) is 11.2. The Morgan fingerprint density at radius 3 is 2.27 bits per heavy atom. The van der Waals surface area contributed by atoms with Gasteiger partial charge in [-0.1, -0.05) is 19.3 Å². The van der Waals surface area contributed by atoms with Gasteiger partial charge in [-0.2, -0.15) is 0 Å². The largest absolute Gasteiger partial charge is 0.468 e. The van der Waals surface area contributed by atoms with Crippen LogP contribution in [0.5, 0.6) is 0 Å². The monoisotopic (exact) mass is 416 g/mol. The Hall–Kier alpha value is -2.02. The van der Waals surface area contributed by atoms with E-state index in [1.54, 1.807) is 6.26 Å². The van der Waals surface area contributed by atoms with Crippen LogP contribution < -0.4 is 10.6 Å². The maximum atomic E-state index is 12.7. The van der Waals surface area contributed by atoms with Crippen LogP contribution in [0.15, 0.2) is 22.8 Å². The molecular weight excluding hydrogens is 380 g/mol. The lowest BCUT2D eigenvalue weighted by atomic mass is 9.94. The first-order chi connectivity index (χ1) is 14.7. The third-order valence-corrected chi connectivity index (χ3v) is 6.98. The number of nitrogens with zero attached hydrogens (tertiary/aromatic N) is 2. The van der Waals surface area contributed by atoms with Crippen molar-refractivity contribution >= 4 is 11.9 Å². The number of hydrogen-bond donors (Lipinski definition) is 2. The summed E-state index contributed by atoms with van der Waals surface area (Å²) < 4.78 is 5.43. The van der Waals surface area contributed by atoms with Crippen LogP contribution in [0.4, 0.5) is 4.79 Å². The van der Waals surface area contributed by atoms with Crippen LogP contribution in [0, 0.1) is 5.92 Å². The lowest BCUT2D eigenvalue weighted by Gasteiger charge is -2.35. The molecule has 1 aromatic rings. The molecule has 2 saturated heterocycles. The number of nitrogens with one attached hydrogen (secondary N) is 2. The molecule has 2 N–H and O–H groups in total. The smallest absolute Gasteiger partial charge is 0.317 e. The van der Waals surface area contributed by atoms with E-state index in [0.29, 0.717) is 6.04 Å². The van der Waals surface area contributed by atoms with Gasteiger partial charge in [-0.25, -0.2) is 4.79 Å². The van der Waals surface area contributed by atoms with Crippen molar-refractivity contribution in [3.63, 3.8) is 0 Å². The summed E-state index contributed by atoms with van der Waals surface area (Å²) in [5.74, 6) is 1.28. The Kier molecular flexibility index (Phi) is 7.31. The van der Waals surface area contributed by atoms with E-state index in [1.165, 1.54) is 19.3 Å². The summed E-state index contributed by atoms with van der Waals surface area (Å²) in [5.41, 5.74) is 0. The number of piperidine rings is 2. The molecule has 3 aliphatic rings. The van der Waals surface area contributed by atoms with Crippen LogP contribution in [-0.4, -0.2) is 60.0 Å². The van der Waals surface area contributed by atoms with E-state index in [1.807, 2.05) is 17.0 Å². The molecule has 0 radical (unpaired) electrons. The van der Waals surface area contributed by atoms with Crippen molar-refractivity contribution in [1.82, 2.24) is 20.4 Å². The van der Waals surface area contributed by atoms with Gasteiger partial charge in [0.25, 0.3) is 0 Å². The van der Waals surface area contributed by atoms with Gasteiger partial charge in [-0.05, 0) is 63.7 Å². The number of carbonyl (C=O) groups excluding carboxylic acids is 2. The average molecular weight is 417 g/mol. The summed E-state index contributed by atoms with van der Waals surface area (Å²) in [7, 11) is 0. The maximum absolute atomic E-state index is 12.7. The van der Waals surface area contributed by atoms with Crippen LogP contribution >= 0.6 is 0 Å². The minimum atomic E-state index is 0.0793. The fraction of sp³-hybridized carbons (Fsp3) is 0.739. The molecule has 1 aromatic heterocycles. The van der Waals surface area contributed by atoms with Gasteiger partial charge in [-0.15, -0.1) is 0 Å². The molecule has 0 bridgehead atoms. The van der Waals surface area contributed by atoms with Crippen LogP contribution in [0.25, 0.3) is 0 Å². The summed E-state index contributed by atoms with van der Waals surface area (Å²) in [4.78, 5) is 29.5. The van der Waals surface area contributed by atoms with Gasteiger partial charge < -0.3 is 20.0 Å². The lowest BCUT2D eigenvalue weighted by molar-refractivity contribution is -0.127. The molecule has 4 rings (SSSR count). The number of amides is 3. The number of urea groups is 1. The molecule has 0 aromatic carbocycles. The Morgan fingerprint density at radius 2 is 1.60 bits per heavy atom. The van der Waals surface area contributed by atoms with E-state index in [9.17, 15) is 9.59 Å². The van der Waals surface area contributed by atoms with Gasteiger partial charge in [0, 0.05) is 31.1 Å². The molecule has 3 heterocycles. The first-order valence-corrected chi connectivity index (χ1v) is 11.8. The van der Waals surface area contributed by atoms with Crippen molar-refractivity contribution < 1.29 is 14.0 Å². The van der Waals surface area contributed by atoms with Gasteiger partial charge in [0.2, 0.25) is 5.91 Å². The summed E-state index contributed by atoms with van der Waals surface area (Å²) in [6.45, 7) is 4.13. The first-order valence-electron chi connectivity index (χ1n) is 11.8. The molecule has 2 aliphatic heterocycles. The second kappa shape index (κ2) is 10.3. The zero-order chi connectivity index (χ0) is 20.8. The van der Waals surface area contributed by atoms with E-state index >= 15 is 0 Å². The number of hydrogen-bond acceptors (Lipinski definition) is 4. The second-order valence-electron chi connectivity index (χ2n) is 9.18. The summed E-state index contributed by atoms with van der Waals surface area (Å²) >= 11 is 0. The third-order valence-electron chi connectivity index (χ3n) is 6.98. The fourth-order valence-electron chi connectivity index (χ4n) is 5.03. The Labute approximate surface area is 179 Å². The van der Waals surface area contributed by atoms with Crippen molar-refractivity contribution in [2.24, 2.45) is 5.92 Å². The van der Waals surface area contributed by atoms with Gasteiger partial charge in [0.15, 0.2) is 0 Å².